The number of carbonyl (C=O) groups excluding carboxylic acids is 1. The lowest BCUT2D eigenvalue weighted by molar-refractivity contribution is 0.0933. The van der Waals surface area contributed by atoms with E-state index < -0.39 is 0 Å². The summed E-state index contributed by atoms with van der Waals surface area (Å²) in [4.78, 5) is 12.2. The van der Waals surface area contributed by atoms with Crippen molar-refractivity contribution in [2.45, 2.75) is 27.2 Å². The van der Waals surface area contributed by atoms with Crippen molar-refractivity contribution in [2.75, 3.05) is 6.54 Å². The number of rotatable bonds is 4. The zero-order chi connectivity index (χ0) is 14.8. The molecule has 2 aromatic carbocycles. The van der Waals surface area contributed by atoms with E-state index in [1.165, 1.54) is 0 Å². The molecule has 0 saturated carbocycles. The van der Waals surface area contributed by atoms with Gasteiger partial charge in [-0.05, 0) is 34.7 Å². The quantitative estimate of drug-likeness (QED) is 0.890. The second-order valence-corrected chi connectivity index (χ2v) is 5.92. The third kappa shape index (κ3) is 3.10. The van der Waals surface area contributed by atoms with Crippen molar-refractivity contribution >= 4 is 16.7 Å². The van der Waals surface area contributed by atoms with Crippen molar-refractivity contribution in [1.29, 1.82) is 0 Å². The Morgan fingerprint density at radius 2 is 1.80 bits per heavy atom. The molecule has 0 aliphatic rings. The molecule has 106 valence electrons. The summed E-state index contributed by atoms with van der Waals surface area (Å²) in [5, 5.41) is 14.8. The summed E-state index contributed by atoms with van der Waals surface area (Å²) in [6.07, 6.45) is 0.983. The van der Waals surface area contributed by atoms with Crippen LogP contribution in [0.5, 0.6) is 5.75 Å². The maximum atomic E-state index is 12.2. The first-order valence-electron chi connectivity index (χ1n) is 6.93. The molecule has 0 radical (unpaired) electrons. The highest BCUT2D eigenvalue weighted by atomic mass is 16.3. The Bertz CT molecular complexity index is 632. The zero-order valence-electron chi connectivity index (χ0n) is 12.2. The summed E-state index contributed by atoms with van der Waals surface area (Å²) in [6, 6.07) is 11.0. The summed E-state index contributed by atoms with van der Waals surface area (Å²) in [5.74, 6) is -0.203. The number of nitrogens with one attached hydrogen (secondary N) is 1. The minimum Gasteiger partial charge on any atom is -0.507 e. The Morgan fingerprint density at radius 3 is 2.40 bits per heavy atom. The molecular weight excluding hydrogens is 250 g/mol. The van der Waals surface area contributed by atoms with Crippen molar-refractivity contribution in [3.05, 3.63) is 42.0 Å². The molecule has 0 bridgehead atoms. The monoisotopic (exact) mass is 271 g/mol. The summed E-state index contributed by atoms with van der Waals surface area (Å²) in [5.41, 5.74) is 0.387. The van der Waals surface area contributed by atoms with E-state index in [4.69, 9.17) is 0 Å². The van der Waals surface area contributed by atoms with Gasteiger partial charge in [-0.15, -0.1) is 0 Å². The highest BCUT2D eigenvalue weighted by Gasteiger charge is 2.18. The molecule has 3 nitrogen and oxygen atoms in total. The van der Waals surface area contributed by atoms with Gasteiger partial charge in [0.1, 0.15) is 5.75 Å². The smallest absolute Gasteiger partial charge is 0.255 e. The highest BCUT2D eigenvalue weighted by Crippen LogP contribution is 2.25. The molecule has 1 amide bonds. The van der Waals surface area contributed by atoms with E-state index in [0.29, 0.717) is 12.1 Å². The van der Waals surface area contributed by atoms with E-state index in [1.54, 1.807) is 12.1 Å². The van der Waals surface area contributed by atoms with Crippen LogP contribution in [0.2, 0.25) is 0 Å². The summed E-state index contributed by atoms with van der Waals surface area (Å²) >= 11 is 0. The van der Waals surface area contributed by atoms with Gasteiger partial charge in [0, 0.05) is 6.54 Å². The van der Waals surface area contributed by atoms with Crippen molar-refractivity contribution < 1.29 is 9.90 Å². The molecule has 0 spiro atoms. The second-order valence-electron chi connectivity index (χ2n) is 5.92. The molecule has 3 heteroatoms. The van der Waals surface area contributed by atoms with Gasteiger partial charge in [0.25, 0.3) is 5.91 Å². The maximum Gasteiger partial charge on any atom is 0.255 e. The first-order chi connectivity index (χ1) is 9.43. The number of hydrogen-bond donors (Lipinski definition) is 2. The molecule has 20 heavy (non-hydrogen) atoms. The topological polar surface area (TPSA) is 49.3 Å². The second kappa shape index (κ2) is 5.53. The van der Waals surface area contributed by atoms with Gasteiger partial charge in [-0.1, -0.05) is 45.0 Å². The number of hydrogen-bond acceptors (Lipinski definition) is 2. The first kappa shape index (κ1) is 14.4. The van der Waals surface area contributed by atoms with E-state index >= 15 is 0 Å². The van der Waals surface area contributed by atoms with E-state index in [-0.39, 0.29) is 17.1 Å². The molecule has 0 aromatic heterocycles. The summed E-state index contributed by atoms with van der Waals surface area (Å²) in [6.45, 7) is 6.90. The maximum absolute atomic E-state index is 12.2. The molecule has 0 atom stereocenters. The van der Waals surface area contributed by atoms with Gasteiger partial charge in [-0.3, -0.25) is 4.79 Å². The van der Waals surface area contributed by atoms with E-state index in [9.17, 15) is 9.90 Å². The number of fused-ring (bicyclic) bond motifs is 1. The number of amides is 1. The fourth-order valence-corrected chi connectivity index (χ4v) is 1.95. The minimum atomic E-state index is -0.227. The molecular formula is C17H21NO2. The number of benzene rings is 2. The van der Waals surface area contributed by atoms with Crippen LogP contribution in [0.15, 0.2) is 36.4 Å². The van der Waals surface area contributed by atoms with E-state index in [2.05, 4.69) is 26.1 Å². The Hall–Kier alpha value is -2.03. The lowest BCUT2D eigenvalue weighted by atomic mass is 9.90. The van der Waals surface area contributed by atoms with Gasteiger partial charge in [0.05, 0.1) is 5.56 Å². The van der Waals surface area contributed by atoms with Crippen molar-refractivity contribution in [3.8, 4) is 5.75 Å². The molecule has 0 fully saturated rings. The van der Waals surface area contributed by atoms with Crippen LogP contribution in [0.1, 0.15) is 37.6 Å². The van der Waals surface area contributed by atoms with Gasteiger partial charge < -0.3 is 10.4 Å². The average Bonchev–Trinajstić information content (AvgIpc) is 2.44. The van der Waals surface area contributed by atoms with Crippen LogP contribution >= 0.6 is 0 Å². The zero-order valence-corrected chi connectivity index (χ0v) is 12.2. The average molecular weight is 271 g/mol. The Kier molecular flexibility index (Phi) is 3.98. The van der Waals surface area contributed by atoms with Crippen LogP contribution < -0.4 is 5.32 Å². The molecule has 0 aliphatic heterocycles. The molecule has 0 saturated heterocycles. The van der Waals surface area contributed by atoms with Crippen LogP contribution in [0, 0.1) is 5.41 Å². The highest BCUT2D eigenvalue weighted by molar-refractivity contribution is 6.01. The number of carbonyl (C=O) groups is 1. The van der Waals surface area contributed by atoms with Gasteiger partial charge in [-0.25, -0.2) is 0 Å². The number of phenols is 1. The predicted octanol–water partition coefficient (Wildman–Crippen LogP) is 3.71. The largest absolute Gasteiger partial charge is 0.507 e. The predicted molar refractivity (Wildman–Crippen MR) is 82.0 cm³/mol. The third-order valence-electron chi connectivity index (χ3n) is 3.79. The lowest BCUT2D eigenvalue weighted by Gasteiger charge is -2.23. The van der Waals surface area contributed by atoms with Crippen molar-refractivity contribution in [2.24, 2.45) is 5.41 Å². The lowest BCUT2D eigenvalue weighted by Crippen LogP contribution is -2.33. The number of phenolic OH excluding ortho intramolecular Hbond substituents is 1. The van der Waals surface area contributed by atoms with Crippen LogP contribution in [-0.2, 0) is 0 Å². The standard InChI is InChI=1S/C17H21NO2/c1-4-17(2,3)11-18-16(20)14-9-12-7-5-6-8-13(12)10-15(14)19/h5-10,19H,4,11H2,1-3H3,(H,18,20). The Morgan fingerprint density at radius 1 is 1.20 bits per heavy atom. The van der Waals surface area contributed by atoms with Gasteiger partial charge in [0.2, 0.25) is 0 Å². The number of aromatic hydroxyl groups is 1. The minimum absolute atomic E-state index is 0.0236. The molecule has 0 unspecified atom stereocenters. The van der Waals surface area contributed by atoms with Crippen molar-refractivity contribution in [1.82, 2.24) is 5.32 Å². The SMILES string of the molecule is CCC(C)(C)CNC(=O)c1cc2ccccc2cc1O. The molecule has 2 rings (SSSR count). The summed E-state index contributed by atoms with van der Waals surface area (Å²) in [7, 11) is 0. The fourth-order valence-electron chi connectivity index (χ4n) is 1.95. The first-order valence-corrected chi connectivity index (χ1v) is 6.93. The van der Waals surface area contributed by atoms with Gasteiger partial charge in [0.15, 0.2) is 0 Å². The van der Waals surface area contributed by atoms with E-state index in [1.807, 2.05) is 24.3 Å². The fraction of sp³-hybridized carbons (Fsp3) is 0.353. The normalized spacial score (nSPS) is 11.6. The van der Waals surface area contributed by atoms with Crippen LogP contribution in [-0.4, -0.2) is 17.6 Å². The van der Waals surface area contributed by atoms with Crippen LogP contribution in [0.4, 0.5) is 0 Å². The molecule has 0 aliphatic carbocycles. The summed E-state index contributed by atoms with van der Waals surface area (Å²) < 4.78 is 0. The Balaban J connectivity index is 2.24. The third-order valence-corrected chi connectivity index (χ3v) is 3.79. The van der Waals surface area contributed by atoms with Crippen LogP contribution in [0.25, 0.3) is 10.8 Å². The molecule has 0 heterocycles. The van der Waals surface area contributed by atoms with Crippen molar-refractivity contribution in [3.63, 3.8) is 0 Å². The Labute approximate surface area is 119 Å². The van der Waals surface area contributed by atoms with Gasteiger partial charge >= 0.3 is 0 Å². The van der Waals surface area contributed by atoms with Crippen LogP contribution in [0.3, 0.4) is 0 Å². The van der Waals surface area contributed by atoms with E-state index in [0.717, 1.165) is 17.2 Å². The molecule has 2 aromatic rings. The van der Waals surface area contributed by atoms with Gasteiger partial charge in [-0.2, -0.15) is 0 Å². The molecule has 2 N–H and O–H groups in total.